The molecule has 0 aliphatic rings. The van der Waals surface area contributed by atoms with Crippen molar-refractivity contribution < 1.29 is 0 Å². The monoisotopic (exact) mass is 235 g/mol. The van der Waals surface area contributed by atoms with Crippen molar-refractivity contribution >= 4 is 32.9 Å². The highest BCUT2D eigenvalue weighted by atomic mass is 79.9. The number of fused-ring (bicyclic) bond motifs is 1. The molecule has 1 heterocycles. The third-order valence-corrected chi connectivity index (χ3v) is 2.70. The first-order chi connectivity index (χ1) is 6.22. The van der Waals surface area contributed by atoms with Crippen molar-refractivity contribution in [3.8, 4) is 0 Å². The average molecular weight is 236 g/mol. The maximum Gasteiger partial charge on any atom is 0.0463 e. The predicted octanol–water partition coefficient (Wildman–Crippen LogP) is 3.88. The Morgan fingerprint density at radius 1 is 1.46 bits per heavy atom. The number of aryl methyl sites for hydroxylation is 1. The Hall–Kier alpha value is -1.02. The smallest absolute Gasteiger partial charge is 0.0463 e. The number of rotatable bonds is 1. The zero-order chi connectivity index (χ0) is 9.42. The molecule has 0 radical (unpaired) electrons. The number of aromatic amines is 1. The van der Waals surface area contributed by atoms with Crippen molar-refractivity contribution in [1.29, 1.82) is 0 Å². The predicted molar refractivity (Wildman–Crippen MR) is 60.8 cm³/mol. The van der Waals surface area contributed by atoms with Gasteiger partial charge in [0.15, 0.2) is 0 Å². The van der Waals surface area contributed by atoms with Gasteiger partial charge in [-0.3, -0.25) is 0 Å². The molecule has 2 heteroatoms. The highest BCUT2D eigenvalue weighted by Crippen LogP contribution is 2.25. The van der Waals surface area contributed by atoms with E-state index in [4.69, 9.17) is 0 Å². The summed E-state index contributed by atoms with van der Waals surface area (Å²) in [7, 11) is 0. The lowest BCUT2D eigenvalue weighted by Gasteiger charge is -1.93. The summed E-state index contributed by atoms with van der Waals surface area (Å²) in [6, 6.07) is 6.21. The lowest BCUT2D eigenvalue weighted by atomic mass is 10.1. The lowest BCUT2D eigenvalue weighted by molar-refractivity contribution is 1.29. The summed E-state index contributed by atoms with van der Waals surface area (Å²) in [4.78, 5) is 3.31. The van der Waals surface area contributed by atoms with E-state index in [1.165, 1.54) is 16.6 Å². The maximum atomic E-state index is 3.81. The molecule has 0 amide bonds. The fourth-order valence-corrected chi connectivity index (χ4v) is 1.94. The van der Waals surface area contributed by atoms with E-state index in [0.717, 1.165) is 9.99 Å². The Labute approximate surface area is 85.6 Å². The normalized spacial score (nSPS) is 10.6. The first-order valence-electron chi connectivity index (χ1n) is 4.12. The van der Waals surface area contributed by atoms with Gasteiger partial charge in [0, 0.05) is 26.6 Å². The summed E-state index contributed by atoms with van der Waals surface area (Å²) in [5.41, 5.74) is 3.52. The number of aromatic nitrogens is 1. The van der Waals surface area contributed by atoms with E-state index in [1.54, 1.807) is 0 Å². The summed E-state index contributed by atoms with van der Waals surface area (Å²) in [5.74, 6) is 0. The molecule has 0 spiro atoms. The molecule has 2 rings (SSSR count). The molecule has 0 unspecified atom stereocenters. The average Bonchev–Trinajstić information content (AvgIpc) is 2.40. The van der Waals surface area contributed by atoms with E-state index in [2.05, 4.69) is 46.5 Å². The van der Waals surface area contributed by atoms with Crippen LogP contribution in [-0.4, -0.2) is 4.98 Å². The summed E-state index contributed by atoms with van der Waals surface area (Å²) in [5, 5.41) is 1.22. The van der Waals surface area contributed by atoms with Gasteiger partial charge in [0.05, 0.1) is 0 Å². The molecule has 2 aromatic rings. The van der Waals surface area contributed by atoms with E-state index in [1.807, 2.05) is 12.1 Å². The standard InChI is InChI=1S/C11H10BrN/c1-3-9-7(2)13-11-5-4-8(12)6-10(9)11/h3-6,13H,1H2,2H3. The highest BCUT2D eigenvalue weighted by Gasteiger charge is 2.04. The van der Waals surface area contributed by atoms with Gasteiger partial charge in [-0.15, -0.1) is 0 Å². The van der Waals surface area contributed by atoms with Gasteiger partial charge in [-0.05, 0) is 25.1 Å². The summed E-state index contributed by atoms with van der Waals surface area (Å²) in [6.07, 6.45) is 1.89. The number of nitrogens with one attached hydrogen (secondary N) is 1. The molecule has 1 aromatic heterocycles. The molecular formula is C11H10BrN. The Morgan fingerprint density at radius 2 is 2.23 bits per heavy atom. The molecular weight excluding hydrogens is 226 g/mol. The van der Waals surface area contributed by atoms with Gasteiger partial charge >= 0.3 is 0 Å². The van der Waals surface area contributed by atoms with Crippen molar-refractivity contribution in [3.05, 3.63) is 40.5 Å². The van der Waals surface area contributed by atoms with Crippen LogP contribution in [0.25, 0.3) is 17.0 Å². The number of H-pyrrole nitrogens is 1. The molecule has 0 fully saturated rings. The minimum atomic E-state index is 1.10. The van der Waals surface area contributed by atoms with Crippen LogP contribution in [0.3, 0.4) is 0 Å². The minimum absolute atomic E-state index is 1.10. The second-order valence-corrected chi connectivity index (χ2v) is 3.97. The van der Waals surface area contributed by atoms with Crippen LogP contribution in [0, 0.1) is 6.92 Å². The molecule has 0 aliphatic heterocycles. The van der Waals surface area contributed by atoms with Gasteiger partial charge in [-0.2, -0.15) is 0 Å². The topological polar surface area (TPSA) is 15.8 Å². The zero-order valence-electron chi connectivity index (χ0n) is 7.39. The van der Waals surface area contributed by atoms with Crippen LogP contribution >= 0.6 is 15.9 Å². The third-order valence-electron chi connectivity index (χ3n) is 2.20. The van der Waals surface area contributed by atoms with Crippen LogP contribution in [0.15, 0.2) is 29.3 Å². The molecule has 1 aromatic carbocycles. The first kappa shape index (κ1) is 8.57. The number of hydrogen-bond donors (Lipinski definition) is 1. The van der Waals surface area contributed by atoms with E-state index in [9.17, 15) is 0 Å². The van der Waals surface area contributed by atoms with Crippen LogP contribution in [-0.2, 0) is 0 Å². The lowest BCUT2D eigenvalue weighted by Crippen LogP contribution is -1.71. The Bertz CT molecular complexity index is 468. The van der Waals surface area contributed by atoms with E-state index in [0.29, 0.717) is 0 Å². The van der Waals surface area contributed by atoms with Crippen LogP contribution in [0.4, 0.5) is 0 Å². The van der Waals surface area contributed by atoms with Gasteiger partial charge in [-0.1, -0.05) is 28.6 Å². The van der Waals surface area contributed by atoms with Gasteiger partial charge in [0.1, 0.15) is 0 Å². The molecule has 0 saturated carbocycles. The molecule has 0 bridgehead atoms. The van der Waals surface area contributed by atoms with E-state index >= 15 is 0 Å². The van der Waals surface area contributed by atoms with Crippen LogP contribution in [0.2, 0.25) is 0 Å². The van der Waals surface area contributed by atoms with Crippen molar-refractivity contribution in [2.24, 2.45) is 0 Å². The molecule has 1 N–H and O–H groups in total. The quantitative estimate of drug-likeness (QED) is 0.773. The van der Waals surface area contributed by atoms with Crippen molar-refractivity contribution in [2.45, 2.75) is 6.92 Å². The zero-order valence-corrected chi connectivity index (χ0v) is 8.98. The van der Waals surface area contributed by atoms with Gasteiger partial charge < -0.3 is 4.98 Å². The Morgan fingerprint density at radius 3 is 2.92 bits per heavy atom. The first-order valence-corrected chi connectivity index (χ1v) is 4.92. The summed E-state index contributed by atoms with van der Waals surface area (Å²) in [6.45, 7) is 5.87. The fourth-order valence-electron chi connectivity index (χ4n) is 1.58. The summed E-state index contributed by atoms with van der Waals surface area (Å²) >= 11 is 3.46. The molecule has 13 heavy (non-hydrogen) atoms. The van der Waals surface area contributed by atoms with Gasteiger partial charge in [-0.25, -0.2) is 0 Å². The summed E-state index contributed by atoms with van der Waals surface area (Å²) < 4.78 is 1.10. The van der Waals surface area contributed by atoms with Crippen LogP contribution in [0.5, 0.6) is 0 Å². The largest absolute Gasteiger partial charge is 0.358 e. The van der Waals surface area contributed by atoms with Crippen molar-refractivity contribution in [3.63, 3.8) is 0 Å². The third kappa shape index (κ3) is 1.31. The van der Waals surface area contributed by atoms with Gasteiger partial charge in [0.2, 0.25) is 0 Å². The molecule has 0 saturated heterocycles. The van der Waals surface area contributed by atoms with E-state index in [-0.39, 0.29) is 0 Å². The van der Waals surface area contributed by atoms with Crippen LogP contribution < -0.4 is 0 Å². The van der Waals surface area contributed by atoms with Gasteiger partial charge in [0.25, 0.3) is 0 Å². The molecule has 66 valence electrons. The second kappa shape index (κ2) is 3.04. The molecule has 0 aliphatic carbocycles. The Kier molecular flexibility index (Phi) is 2.00. The number of hydrogen-bond acceptors (Lipinski definition) is 0. The van der Waals surface area contributed by atoms with Crippen molar-refractivity contribution in [2.75, 3.05) is 0 Å². The Balaban J connectivity index is 2.88. The minimum Gasteiger partial charge on any atom is -0.358 e. The van der Waals surface area contributed by atoms with Crippen molar-refractivity contribution in [1.82, 2.24) is 4.98 Å². The number of benzene rings is 1. The van der Waals surface area contributed by atoms with Crippen LogP contribution in [0.1, 0.15) is 11.3 Å². The molecule has 1 nitrogen and oxygen atoms in total. The molecule has 0 atom stereocenters. The SMILES string of the molecule is C=Cc1c(C)[nH]c2ccc(Br)cc12. The highest BCUT2D eigenvalue weighted by molar-refractivity contribution is 9.10. The fraction of sp³-hybridized carbons (Fsp3) is 0.0909. The second-order valence-electron chi connectivity index (χ2n) is 3.06. The maximum absolute atomic E-state index is 3.81. The number of halogens is 1. The van der Waals surface area contributed by atoms with E-state index < -0.39 is 0 Å².